The lowest BCUT2D eigenvalue weighted by molar-refractivity contribution is 0.174. The van der Waals surface area contributed by atoms with Crippen LogP contribution in [0.3, 0.4) is 0 Å². The average Bonchev–Trinajstić information content (AvgIpc) is 3.08. The van der Waals surface area contributed by atoms with E-state index in [9.17, 15) is 5.11 Å². The monoisotopic (exact) mass is 307 g/mol. The molecule has 5 heteroatoms. The van der Waals surface area contributed by atoms with Crippen LogP contribution in [0.15, 0.2) is 46.9 Å². The molecule has 116 valence electrons. The molecule has 0 saturated heterocycles. The molecule has 4 aromatic rings. The van der Waals surface area contributed by atoms with E-state index in [1.54, 1.807) is 6.92 Å². The number of aliphatic hydroxyl groups excluding tert-OH is 1. The van der Waals surface area contributed by atoms with Crippen molar-refractivity contribution in [3.05, 3.63) is 48.3 Å². The van der Waals surface area contributed by atoms with E-state index in [-0.39, 0.29) is 0 Å². The first-order chi connectivity index (χ1) is 11.1. The van der Waals surface area contributed by atoms with E-state index in [4.69, 9.17) is 4.42 Å². The molecule has 0 aliphatic rings. The van der Waals surface area contributed by atoms with Gasteiger partial charge in [0.05, 0.1) is 23.7 Å². The molecule has 0 fully saturated rings. The van der Waals surface area contributed by atoms with Crippen LogP contribution in [0.5, 0.6) is 0 Å². The van der Waals surface area contributed by atoms with Crippen molar-refractivity contribution >= 4 is 22.1 Å². The lowest BCUT2D eigenvalue weighted by Crippen LogP contribution is -2.12. The summed E-state index contributed by atoms with van der Waals surface area (Å²) in [5.74, 6) is 1.48. The van der Waals surface area contributed by atoms with Gasteiger partial charge in [-0.2, -0.15) is 0 Å². The van der Waals surface area contributed by atoms with Gasteiger partial charge in [-0.05, 0) is 44.2 Å². The molecule has 2 aromatic carbocycles. The van der Waals surface area contributed by atoms with Crippen LogP contribution in [0.4, 0.5) is 0 Å². The first-order valence-electron chi connectivity index (χ1n) is 7.63. The SMILES string of the molecule is Cc1nc2cc(-c3nc4ccccc4o3)ccc2n1CC(C)O. The molecule has 0 amide bonds. The maximum atomic E-state index is 9.65. The van der Waals surface area contributed by atoms with Crippen LogP contribution in [0, 0.1) is 6.92 Å². The zero-order valence-corrected chi connectivity index (χ0v) is 13.0. The molecule has 0 saturated carbocycles. The summed E-state index contributed by atoms with van der Waals surface area (Å²) in [7, 11) is 0. The second-order valence-electron chi connectivity index (χ2n) is 5.81. The van der Waals surface area contributed by atoms with Gasteiger partial charge in [0, 0.05) is 5.56 Å². The van der Waals surface area contributed by atoms with Gasteiger partial charge in [-0.25, -0.2) is 9.97 Å². The number of fused-ring (bicyclic) bond motifs is 2. The number of aliphatic hydroxyl groups is 1. The Morgan fingerprint density at radius 1 is 1.13 bits per heavy atom. The summed E-state index contributed by atoms with van der Waals surface area (Å²) in [6.07, 6.45) is -0.414. The van der Waals surface area contributed by atoms with Crippen molar-refractivity contribution in [3.8, 4) is 11.5 Å². The second kappa shape index (κ2) is 5.21. The quantitative estimate of drug-likeness (QED) is 0.629. The lowest BCUT2D eigenvalue weighted by Gasteiger charge is -2.08. The number of imidazole rings is 1. The van der Waals surface area contributed by atoms with Crippen molar-refractivity contribution in [3.63, 3.8) is 0 Å². The van der Waals surface area contributed by atoms with Crippen LogP contribution in [-0.2, 0) is 6.54 Å². The van der Waals surface area contributed by atoms with Crippen LogP contribution in [0.25, 0.3) is 33.6 Å². The Bertz CT molecular complexity index is 965. The highest BCUT2D eigenvalue weighted by Gasteiger charge is 2.13. The summed E-state index contributed by atoms with van der Waals surface area (Å²) in [4.78, 5) is 9.11. The van der Waals surface area contributed by atoms with Gasteiger partial charge in [0.15, 0.2) is 5.58 Å². The molecule has 5 nitrogen and oxygen atoms in total. The highest BCUT2D eigenvalue weighted by atomic mass is 16.3. The number of nitrogens with zero attached hydrogens (tertiary/aromatic N) is 3. The van der Waals surface area contributed by atoms with Crippen LogP contribution in [0.1, 0.15) is 12.7 Å². The molecule has 0 bridgehead atoms. The minimum Gasteiger partial charge on any atom is -0.436 e. The molecule has 1 unspecified atom stereocenters. The van der Waals surface area contributed by atoms with Gasteiger partial charge >= 0.3 is 0 Å². The van der Waals surface area contributed by atoms with E-state index in [0.29, 0.717) is 12.4 Å². The van der Waals surface area contributed by atoms with Crippen LogP contribution in [0.2, 0.25) is 0 Å². The summed E-state index contributed by atoms with van der Waals surface area (Å²) in [6.45, 7) is 4.25. The fraction of sp³-hybridized carbons (Fsp3) is 0.222. The predicted molar refractivity (Wildman–Crippen MR) is 89.2 cm³/mol. The molecule has 2 aromatic heterocycles. The summed E-state index contributed by atoms with van der Waals surface area (Å²) < 4.78 is 7.84. The largest absolute Gasteiger partial charge is 0.436 e. The number of hydrogen-bond donors (Lipinski definition) is 1. The maximum Gasteiger partial charge on any atom is 0.227 e. The first kappa shape index (κ1) is 14.0. The normalized spacial score (nSPS) is 13.0. The van der Waals surface area contributed by atoms with Crippen molar-refractivity contribution in [1.82, 2.24) is 14.5 Å². The molecule has 0 aliphatic carbocycles. The number of aryl methyl sites for hydroxylation is 1. The van der Waals surface area contributed by atoms with Crippen LogP contribution in [-0.4, -0.2) is 25.7 Å². The Hall–Kier alpha value is -2.66. The van der Waals surface area contributed by atoms with Crippen molar-refractivity contribution in [1.29, 1.82) is 0 Å². The third-order valence-electron chi connectivity index (χ3n) is 3.93. The Labute approximate surface area is 133 Å². The minimum atomic E-state index is -0.414. The molecule has 23 heavy (non-hydrogen) atoms. The second-order valence-corrected chi connectivity index (χ2v) is 5.81. The van der Waals surface area contributed by atoms with E-state index in [2.05, 4.69) is 9.97 Å². The van der Waals surface area contributed by atoms with Gasteiger partial charge in [0.2, 0.25) is 5.89 Å². The van der Waals surface area contributed by atoms with Crippen molar-refractivity contribution < 1.29 is 9.52 Å². The number of para-hydroxylation sites is 2. The number of oxazole rings is 1. The number of rotatable bonds is 3. The van der Waals surface area contributed by atoms with Crippen LogP contribution < -0.4 is 0 Å². The van der Waals surface area contributed by atoms with Crippen molar-refractivity contribution in [2.45, 2.75) is 26.5 Å². The van der Waals surface area contributed by atoms with Gasteiger partial charge in [0.25, 0.3) is 0 Å². The van der Waals surface area contributed by atoms with E-state index in [1.165, 1.54) is 0 Å². The topological polar surface area (TPSA) is 64.1 Å². The molecule has 0 spiro atoms. The summed E-state index contributed by atoms with van der Waals surface area (Å²) in [5.41, 5.74) is 4.40. The fourth-order valence-corrected chi connectivity index (χ4v) is 2.87. The summed E-state index contributed by atoms with van der Waals surface area (Å²) in [6, 6.07) is 13.7. The minimum absolute atomic E-state index is 0.414. The van der Waals surface area contributed by atoms with Crippen LogP contribution >= 0.6 is 0 Å². The van der Waals surface area contributed by atoms with Gasteiger partial charge in [-0.15, -0.1) is 0 Å². The molecule has 1 atom stereocenters. The Morgan fingerprint density at radius 3 is 2.74 bits per heavy atom. The highest BCUT2D eigenvalue weighted by molar-refractivity contribution is 5.83. The third kappa shape index (κ3) is 2.39. The zero-order valence-electron chi connectivity index (χ0n) is 13.0. The fourth-order valence-electron chi connectivity index (χ4n) is 2.87. The van der Waals surface area contributed by atoms with E-state index in [1.807, 2.05) is 54.0 Å². The Kier molecular flexibility index (Phi) is 3.16. The maximum absolute atomic E-state index is 9.65. The zero-order chi connectivity index (χ0) is 16.0. The Morgan fingerprint density at radius 2 is 1.96 bits per heavy atom. The number of hydrogen-bond acceptors (Lipinski definition) is 4. The van der Waals surface area contributed by atoms with Gasteiger partial charge in [-0.1, -0.05) is 12.1 Å². The molecular weight excluding hydrogens is 290 g/mol. The predicted octanol–water partition coefficient (Wildman–Crippen LogP) is 3.53. The highest BCUT2D eigenvalue weighted by Crippen LogP contribution is 2.27. The first-order valence-corrected chi connectivity index (χ1v) is 7.63. The van der Waals surface area contributed by atoms with Gasteiger partial charge in [0.1, 0.15) is 11.3 Å². The molecule has 0 aliphatic heterocycles. The molecular formula is C18H17N3O2. The summed E-state index contributed by atoms with van der Waals surface area (Å²) in [5, 5.41) is 9.65. The van der Waals surface area contributed by atoms with Crippen molar-refractivity contribution in [2.75, 3.05) is 0 Å². The average molecular weight is 307 g/mol. The smallest absolute Gasteiger partial charge is 0.227 e. The van der Waals surface area contributed by atoms with E-state index >= 15 is 0 Å². The number of aromatic nitrogens is 3. The lowest BCUT2D eigenvalue weighted by atomic mass is 10.2. The number of benzene rings is 2. The molecule has 4 rings (SSSR count). The van der Waals surface area contributed by atoms with Gasteiger partial charge in [-0.3, -0.25) is 0 Å². The standard InChI is InChI=1S/C18H17N3O2/c1-11(22)10-21-12(2)19-15-9-13(7-8-16(15)21)18-20-14-5-3-4-6-17(14)23-18/h3-9,11,22H,10H2,1-2H3. The van der Waals surface area contributed by atoms with E-state index < -0.39 is 6.10 Å². The van der Waals surface area contributed by atoms with Crippen molar-refractivity contribution in [2.24, 2.45) is 0 Å². The molecule has 2 heterocycles. The Balaban J connectivity index is 1.82. The third-order valence-corrected chi connectivity index (χ3v) is 3.93. The van der Waals surface area contributed by atoms with Gasteiger partial charge < -0.3 is 14.1 Å². The summed E-state index contributed by atoms with van der Waals surface area (Å²) >= 11 is 0. The molecule has 1 N–H and O–H groups in total. The van der Waals surface area contributed by atoms with E-state index in [0.717, 1.165) is 33.5 Å². The molecule has 0 radical (unpaired) electrons.